The minimum atomic E-state index is -0.740. The Morgan fingerprint density at radius 3 is 2.96 bits per heavy atom. The van der Waals surface area contributed by atoms with Gasteiger partial charge in [0.1, 0.15) is 0 Å². The average molecular weight is 343 g/mol. The summed E-state index contributed by atoms with van der Waals surface area (Å²) >= 11 is 0. The number of aryl methyl sites for hydroxylation is 3. The highest BCUT2D eigenvalue weighted by Crippen LogP contribution is 2.49. The number of rotatable bonds is 0. The predicted octanol–water partition coefficient (Wildman–Crippen LogP) is 3.44. The Bertz CT molecular complexity index is 1260. The van der Waals surface area contributed by atoms with E-state index in [-0.39, 0.29) is 12.2 Å². The van der Waals surface area contributed by atoms with Crippen LogP contribution in [0.15, 0.2) is 30.5 Å². The van der Waals surface area contributed by atoms with Crippen molar-refractivity contribution in [3.05, 3.63) is 52.8 Å². The molecule has 0 saturated carbocycles. The van der Waals surface area contributed by atoms with Crippen molar-refractivity contribution in [3.63, 3.8) is 0 Å². The number of benzene rings is 2. The molecule has 5 heteroatoms. The number of aliphatic hydroxyl groups excluding tert-OH is 1. The van der Waals surface area contributed by atoms with Gasteiger partial charge in [0.25, 0.3) is 0 Å². The summed E-state index contributed by atoms with van der Waals surface area (Å²) in [5.41, 5.74) is 7.89. The lowest BCUT2D eigenvalue weighted by atomic mass is 9.82. The van der Waals surface area contributed by atoms with Crippen molar-refractivity contribution in [2.75, 3.05) is 0 Å². The lowest BCUT2D eigenvalue weighted by Crippen LogP contribution is -2.09. The number of aromatic nitrogens is 3. The van der Waals surface area contributed by atoms with Gasteiger partial charge in [0.2, 0.25) is 0 Å². The topological polar surface area (TPSA) is 70.9 Å². The molecule has 2 aromatic carbocycles. The van der Waals surface area contributed by atoms with E-state index in [1.165, 1.54) is 5.56 Å². The van der Waals surface area contributed by atoms with Crippen molar-refractivity contribution in [2.24, 2.45) is 7.05 Å². The molecule has 26 heavy (non-hydrogen) atoms. The third-order valence-electron chi connectivity index (χ3n) is 5.88. The number of para-hydroxylation sites is 1. The number of hydrogen-bond donors (Lipinski definition) is 2. The van der Waals surface area contributed by atoms with Gasteiger partial charge in [-0.25, -0.2) is 0 Å². The molecule has 2 heterocycles. The van der Waals surface area contributed by atoms with Gasteiger partial charge in [0.15, 0.2) is 5.78 Å². The van der Waals surface area contributed by atoms with E-state index >= 15 is 0 Å². The molecule has 6 rings (SSSR count). The molecule has 0 saturated heterocycles. The highest BCUT2D eigenvalue weighted by Gasteiger charge is 2.38. The number of carbonyl (C=O) groups excluding carboxylic acids is 1. The summed E-state index contributed by atoms with van der Waals surface area (Å²) in [5, 5.41) is 17.4. The van der Waals surface area contributed by atoms with Crippen LogP contribution in [0.3, 0.4) is 0 Å². The van der Waals surface area contributed by atoms with Gasteiger partial charge in [-0.15, -0.1) is 0 Å². The van der Waals surface area contributed by atoms with Crippen LogP contribution in [-0.2, 0) is 19.9 Å². The number of carbonyl (C=O) groups is 1. The number of fused-ring (bicyclic) bond motifs is 10. The molecule has 0 radical (unpaired) electrons. The Morgan fingerprint density at radius 2 is 2.08 bits per heavy atom. The number of H-pyrrole nitrogens is 1. The third kappa shape index (κ3) is 1.59. The van der Waals surface area contributed by atoms with Gasteiger partial charge in [0.05, 0.1) is 17.3 Å². The van der Waals surface area contributed by atoms with Crippen LogP contribution >= 0.6 is 0 Å². The molecule has 4 aromatic rings. The first kappa shape index (κ1) is 14.3. The van der Waals surface area contributed by atoms with Gasteiger partial charge in [-0.2, -0.15) is 5.10 Å². The lowest BCUT2D eigenvalue weighted by molar-refractivity contribution is 0.0931. The molecular weight excluding hydrogens is 326 g/mol. The maximum atomic E-state index is 12.8. The molecule has 1 unspecified atom stereocenters. The first-order valence-corrected chi connectivity index (χ1v) is 8.96. The van der Waals surface area contributed by atoms with Crippen molar-refractivity contribution in [2.45, 2.75) is 25.4 Å². The molecule has 0 spiro atoms. The van der Waals surface area contributed by atoms with E-state index in [9.17, 15) is 9.90 Å². The predicted molar refractivity (Wildman–Crippen MR) is 99.3 cm³/mol. The quantitative estimate of drug-likeness (QED) is 0.514. The molecule has 128 valence electrons. The second kappa shape index (κ2) is 4.62. The van der Waals surface area contributed by atoms with Crippen molar-refractivity contribution in [1.29, 1.82) is 0 Å². The highest BCUT2D eigenvalue weighted by molar-refractivity contribution is 6.23. The van der Waals surface area contributed by atoms with Crippen molar-refractivity contribution < 1.29 is 9.90 Å². The minimum Gasteiger partial charge on any atom is -0.388 e. The van der Waals surface area contributed by atoms with E-state index in [0.29, 0.717) is 5.56 Å². The molecule has 0 bridgehead atoms. The highest BCUT2D eigenvalue weighted by atomic mass is 16.3. The zero-order valence-electron chi connectivity index (χ0n) is 14.3. The van der Waals surface area contributed by atoms with E-state index < -0.39 is 6.10 Å². The van der Waals surface area contributed by atoms with E-state index in [4.69, 9.17) is 0 Å². The van der Waals surface area contributed by atoms with Crippen molar-refractivity contribution in [1.82, 2.24) is 14.8 Å². The second-order valence-electron chi connectivity index (χ2n) is 7.37. The van der Waals surface area contributed by atoms with Gasteiger partial charge in [0, 0.05) is 52.6 Å². The van der Waals surface area contributed by atoms with Crippen LogP contribution in [0.2, 0.25) is 0 Å². The Morgan fingerprint density at radius 1 is 1.23 bits per heavy atom. The second-order valence-corrected chi connectivity index (χ2v) is 7.37. The number of ketones is 1. The Labute approximate surface area is 149 Å². The number of hydrogen-bond acceptors (Lipinski definition) is 3. The standard InChI is InChI=1S/C21H17N3O2/c1-24-9-12-14(23-24)7-6-11-17(12)19-15(25)8-16(26)20(19)18-10-4-2-3-5-13(10)22-21(11)18/h2-5,9,15,22,25H,6-8H2,1H3. The first-order chi connectivity index (χ1) is 12.6. The first-order valence-electron chi connectivity index (χ1n) is 8.96. The van der Waals surface area contributed by atoms with E-state index in [2.05, 4.69) is 16.1 Å². The Kier molecular flexibility index (Phi) is 2.54. The van der Waals surface area contributed by atoms with Gasteiger partial charge in [-0.1, -0.05) is 18.2 Å². The normalized spacial score (nSPS) is 18.4. The fourth-order valence-electron chi connectivity index (χ4n) is 4.91. The van der Waals surface area contributed by atoms with Crippen LogP contribution in [-0.4, -0.2) is 25.7 Å². The lowest BCUT2D eigenvalue weighted by Gasteiger charge is -2.21. The molecule has 0 aliphatic heterocycles. The SMILES string of the molecule is Cn1cc2c(n1)CCc1c-2c2c(c3c1[nH]c1ccccc13)C(=O)CC2O. The van der Waals surface area contributed by atoms with Crippen LogP contribution in [0.4, 0.5) is 0 Å². The zero-order valence-corrected chi connectivity index (χ0v) is 14.3. The average Bonchev–Trinajstić information content (AvgIpc) is 3.27. The van der Waals surface area contributed by atoms with Gasteiger partial charge >= 0.3 is 0 Å². The van der Waals surface area contributed by atoms with Crippen LogP contribution < -0.4 is 0 Å². The van der Waals surface area contributed by atoms with Crippen LogP contribution in [0.1, 0.15) is 39.7 Å². The van der Waals surface area contributed by atoms with Gasteiger partial charge in [-0.05, 0) is 30.0 Å². The fourth-order valence-corrected chi connectivity index (χ4v) is 4.91. The van der Waals surface area contributed by atoms with Crippen molar-refractivity contribution in [3.8, 4) is 11.1 Å². The number of aliphatic hydroxyl groups is 1. The number of nitrogens with zero attached hydrogens (tertiary/aromatic N) is 2. The van der Waals surface area contributed by atoms with E-state index in [0.717, 1.165) is 57.0 Å². The molecule has 2 aliphatic carbocycles. The maximum absolute atomic E-state index is 12.8. The van der Waals surface area contributed by atoms with Crippen LogP contribution in [0.5, 0.6) is 0 Å². The summed E-state index contributed by atoms with van der Waals surface area (Å²) in [4.78, 5) is 16.4. The largest absolute Gasteiger partial charge is 0.388 e. The summed E-state index contributed by atoms with van der Waals surface area (Å²) < 4.78 is 1.82. The van der Waals surface area contributed by atoms with Gasteiger partial charge < -0.3 is 10.1 Å². The molecule has 1 atom stereocenters. The van der Waals surface area contributed by atoms with Crippen molar-refractivity contribution >= 4 is 27.6 Å². The summed E-state index contributed by atoms with van der Waals surface area (Å²) in [5.74, 6) is 0.0288. The van der Waals surface area contributed by atoms with E-state index in [1.807, 2.05) is 36.1 Å². The monoisotopic (exact) mass is 343 g/mol. The maximum Gasteiger partial charge on any atom is 0.166 e. The number of nitrogens with one attached hydrogen (secondary N) is 1. The number of aromatic amines is 1. The molecule has 0 amide bonds. The Balaban J connectivity index is 1.88. The van der Waals surface area contributed by atoms with E-state index in [1.54, 1.807) is 0 Å². The molecule has 2 aliphatic rings. The molecule has 0 fully saturated rings. The zero-order chi connectivity index (χ0) is 17.6. The minimum absolute atomic E-state index is 0.0288. The van der Waals surface area contributed by atoms with Gasteiger partial charge in [-0.3, -0.25) is 9.48 Å². The molecule has 5 nitrogen and oxygen atoms in total. The molecule has 2 aromatic heterocycles. The fraction of sp³-hybridized carbons (Fsp3) is 0.238. The third-order valence-corrected chi connectivity index (χ3v) is 5.88. The summed E-state index contributed by atoms with van der Waals surface area (Å²) in [6.45, 7) is 0. The smallest absolute Gasteiger partial charge is 0.166 e. The summed E-state index contributed by atoms with van der Waals surface area (Å²) in [6.07, 6.45) is 3.16. The van der Waals surface area contributed by atoms with Crippen LogP contribution in [0, 0.1) is 0 Å². The molecule has 2 N–H and O–H groups in total. The number of Topliss-reactive ketones (excluding diaryl/α,β-unsaturated/α-hetero) is 1. The summed E-state index contributed by atoms with van der Waals surface area (Å²) in [6, 6.07) is 8.09. The van der Waals surface area contributed by atoms with Crippen LogP contribution in [0.25, 0.3) is 32.9 Å². The Hall–Kier alpha value is -2.92. The summed E-state index contributed by atoms with van der Waals surface area (Å²) in [7, 11) is 1.92. The molecular formula is C21H17N3O2.